The van der Waals surface area contributed by atoms with Crippen molar-refractivity contribution in [3.8, 4) is 11.5 Å². The molecule has 0 fully saturated rings. The fourth-order valence-corrected chi connectivity index (χ4v) is 2.40. The lowest BCUT2D eigenvalue weighted by Gasteiger charge is -2.12. The van der Waals surface area contributed by atoms with Crippen molar-refractivity contribution in [2.45, 2.75) is 6.92 Å². The first-order chi connectivity index (χ1) is 10.5. The quantitative estimate of drug-likeness (QED) is 0.631. The number of aromatic nitrogens is 2. The van der Waals surface area contributed by atoms with E-state index in [1.54, 1.807) is 25.6 Å². The van der Waals surface area contributed by atoms with Gasteiger partial charge in [-0.2, -0.15) is 5.10 Å². The molecule has 0 unspecified atom stereocenters. The number of methoxy groups -OCH3 is 1. The lowest BCUT2D eigenvalue weighted by molar-refractivity contribution is 0.324. The molecular formula is C15H17BrN4O2. The molecule has 2 aromatic rings. The number of ether oxygens (including phenoxy) is 2. The smallest absolute Gasteiger partial charge is 0.221 e. The van der Waals surface area contributed by atoms with Crippen molar-refractivity contribution < 1.29 is 9.47 Å². The first-order valence-corrected chi connectivity index (χ1v) is 7.31. The highest BCUT2D eigenvalue weighted by Gasteiger charge is 2.10. The van der Waals surface area contributed by atoms with Gasteiger partial charge in [-0.15, -0.1) is 0 Å². The second-order valence-electron chi connectivity index (χ2n) is 4.46. The Morgan fingerprint density at radius 1 is 1.50 bits per heavy atom. The van der Waals surface area contributed by atoms with Gasteiger partial charge in [0.25, 0.3) is 0 Å². The Labute approximate surface area is 137 Å². The summed E-state index contributed by atoms with van der Waals surface area (Å²) in [6, 6.07) is 3.71. The van der Waals surface area contributed by atoms with Crippen LogP contribution in [0.2, 0.25) is 0 Å². The Morgan fingerprint density at radius 3 is 2.86 bits per heavy atom. The molecule has 1 aromatic heterocycles. The molecule has 7 heteroatoms. The Morgan fingerprint density at radius 2 is 2.27 bits per heavy atom. The van der Waals surface area contributed by atoms with E-state index in [1.807, 2.05) is 19.1 Å². The van der Waals surface area contributed by atoms with Crippen LogP contribution in [-0.4, -0.2) is 29.6 Å². The normalized spacial score (nSPS) is 10.9. The van der Waals surface area contributed by atoms with Crippen LogP contribution in [0.3, 0.4) is 0 Å². The first-order valence-electron chi connectivity index (χ1n) is 6.52. The Bertz CT molecular complexity index is 710. The molecule has 0 aliphatic heterocycles. The van der Waals surface area contributed by atoms with Crippen LogP contribution in [0.5, 0.6) is 11.5 Å². The maximum absolute atomic E-state index is 5.75. The van der Waals surface area contributed by atoms with Crippen molar-refractivity contribution in [3.05, 3.63) is 46.7 Å². The monoisotopic (exact) mass is 364 g/mol. The molecule has 116 valence electrons. The fraction of sp³-hybridized carbons (Fsp3) is 0.200. The van der Waals surface area contributed by atoms with Crippen molar-refractivity contribution in [2.75, 3.05) is 19.5 Å². The third-order valence-corrected chi connectivity index (χ3v) is 3.35. The summed E-state index contributed by atoms with van der Waals surface area (Å²) in [5.41, 5.74) is 7.39. The Hall–Kier alpha value is -2.28. The van der Waals surface area contributed by atoms with E-state index < -0.39 is 0 Å². The van der Waals surface area contributed by atoms with E-state index in [2.05, 4.69) is 32.6 Å². The molecule has 0 spiro atoms. The van der Waals surface area contributed by atoms with Crippen LogP contribution in [0.1, 0.15) is 11.3 Å². The van der Waals surface area contributed by atoms with Gasteiger partial charge < -0.3 is 15.2 Å². The van der Waals surface area contributed by atoms with Gasteiger partial charge in [-0.05, 0) is 40.5 Å². The van der Waals surface area contributed by atoms with Gasteiger partial charge in [-0.25, -0.2) is 9.66 Å². The van der Waals surface area contributed by atoms with Gasteiger partial charge in [-0.3, -0.25) is 0 Å². The highest BCUT2D eigenvalue weighted by atomic mass is 79.9. The van der Waals surface area contributed by atoms with Crippen molar-refractivity contribution in [1.82, 2.24) is 9.66 Å². The molecule has 0 aliphatic carbocycles. The predicted molar refractivity (Wildman–Crippen MR) is 90.8 cm³/mol. The molecule has 22 heavy (non-hydrogen) atoms. The molecule has 0 radical (unpaired) electrons. The van der Waals surface area contributed by atoms with E-state index >= 15 is 0 Å². The average molecular weight is 365 g/mol. The number of hydrogen-bond acceptors (Lipinski definition) is 5. The number of nitrogens with zero attached hydrogens (tertiary/aromatic N) is 3. The molecule has 6 nitrogen and oxygen atoms in total. The molecule has 0 bridgehead atoms. The Kier molecular flexibility index (Phi) is 5.21. The molecule has 1 aromatic carbocycles. The molecule has 0 aliphatic rings. The lowest BCUT2D eigenvalue weighted by Crippen LogP contribution is -1.99. The van der Waals surface area contributed by atoms with E-state index in [4.69, 9.17) is 15.2 Å². The maximum Gasteiger partial charge on any atom is 0.221 e. The van der Waals surface area contributed by atoms with E-state index in [9.17, 15) is 0 Å². The number of anilines is 1. The van der Waals surface area contributed by atoms with Crippen LogP contribution in [0.4, 0.5) is 5.95 Å². The molecule has 2 N–H and O–H groups in total. The van der Waals surface area contributed by atoms with Gasteiger partial charge >= 0.3 is 0 Å². The third-order valence-electron chi connectivity index (χ3n) is 2.76. The number of nitrogens with two attached hydrogens (primary N) is 1. The first kappa shape index (κ1) is 16.1. The van der Waals surface area contributed by atoms with Crippen molar-refractivity contribution in [1.29, 1.82) is 0 Å². The van der Waals surface area contributed by atoms with Gasteiger partial charge in [0.05, 0.1) is 29.7 Å². The second kappa shape index (κ2) is 7.13. The second-order valence-corrected chi connectivity index (χ2v) is 5.32. The number of nitrogen functional groups attached to an aromatic ring is 1. The van der Waals surface area contributed by atoms with E-state index in [0.717, 1.165) is 15.7 Å². The molecule has 1 heterocycles. The summed E-state index contributed by atoms with van der Waals surface area (Å²) < 4.78 is 13.2. The van der Waals surface area contributed by atoms with Gasteiger partial charge in [0, 0.05) is 0 Å². The van der Waals surface area contributed by atoms with Gasteiger partial charge in [0.15, 0.2) is 11.5 Å². The zero-order valence-corrected chi connectivity index (χ0v) is 14.0. The molecule has 0 amide bonds. The zero-order valence-electron chi connectivity index (χ0n) is 12.4. The highest BCUT2D eigenvalue weighted by Crippen LogP contribution is 2.36. The van der Waals surface area contributed by atoms with Crippen LogP contribution in [0, 0.1) is 6.92 Å². The summed E-state index contributed by atoms with van der Waals surface area (Å²) in [7, 11) is 1.58. The van der Waals surface area contributed by atoms with Crippen LogP contribution in [0.25, 0.3) is 0 Å². The molecule has 0 saturated heterocycles. The average Bonchev–Trinajstić information content (AvgIpc) is 2.81. The number of aryl methyl sites for hydroxylation is 1. The van der Waals surface area contributed by atoms with E-state index in [1.165, 1.54) is 4.68 Å². The molecule has 0 atom stereocenters. The third kappa shape index (κ3) is 3.67. The number of halogens is 1. The van der Waals surface area contributed by atoms with Gasteiger partial charge in [0.2, 0.25) is 5.95 Å². The van der Waals surface area contributed by atoms with Crippen molar-refractivity contribution in [2.24, 2.45) is 5.10 Å². The molecule has 2 rings (SSSR count). The van der Waals surface area contributed by atoms with E-state index in [-0.39, 0.29) is 0 Å². The van der Waals surface area contributed by atoms with Crippen molar-refractivity contribution >= 4 is 28.1 Å². The molecular weight excluding hydrogens is 348 g/mol. The van der Waals surface area contributed by atoms with Crippen LogP contribution < -0.4 is 15.2 Å². The predicted octanol–water partition coefficient (Wildman–Crippen LogP) is 2.99. The fourth-order valence-electron chi connectivity index (χ4n) is 1.82. The maximum atomic E-state index is 5.75. The summed E-state index contributed by atoms with van der Waals surface area (Å²) in [5, 5.41) is 4.28. The highest BCUT2D eigenvalue weighted by molar-refractivity contribution is 9.10. The topological polar surface area (TPSA) is 74.7 Å². The summed E-state index contributed by atoms with van der Waals surface area (Å²) in [6.45, 7) is 5.88. The number of benzene rings is 1. The largest absolute Gasteiger partial charge is 0.493 e. The summed E-state index contributed by atoms with van der Waals surface area (Å²) >= 11 is 3.47. The van der Waals surface area contributed by atoms with Crippen LogP contribution in [-0.2, 0) is 0 Å². The van der Waals surface area contributed by atoms with Gasteiger partial charge in [-0.1, -0.05) is 12.7 Å². The van der Waals surface area contributed by atoms with Crippen molar-refractivity contribution in [3.63, 3.8) is 0 Å². The summed E-state index contributed by atoms with van der Waals surface area (Å²) in [5.74, 6) is 1.57. The summed E-state index contributed by atoms with van der Waals surface area (Å²) in [4.78, 5) is 4.09. The Balaban J connectivity index is 2.30. The standard InChI is InChI=1S/C15H17BrN4O2/c1-4-5-22-14-12(16)6-11(7-13(14)21-3)8-18-20-9-10(2)19-15(20)17/h4,6-9H,1,5H2,2-3H3,(H2,17,19). The van der Waals surface area contributed by atoms with E-state index in [0.29, 0.717) is 24.1 Å². The minimum atomic E-state index is 0.339. The summed E-state index contributed by atoms with van der Waals surface area (Å²) in [6.07, 6.45) is 5.09. The number of rotatable bonds is 6. The molecule has 0 saturated carbocycles. The van der Waals surface area contributed by atoms with Crippen LogP contribution >= 0.6 is 15.9 Å². The number of imidazole rings is 1. The van der Waals surface area contributed by atoms with Gasteiger partial charge in [0.1, 0.15) is 6.61 Å². The zero-order chi connectivity index (χ0) is 16.1. The minimum Gasteiger partial charge on any atom is -0.493 e. The SMILES string of the molecule is C=CCOc1c(Br)cc(C=Nn2cc(C)nc2N)cc1OC. The lowest BCUT2D eigenvalue weighted by atomic mass is 10.2. The number of hydrogen-bond donors (Lipinski definition) is 1. The minimum absolute atomic E-state index is 0.339. The van der Waals surface area contributed by atoms with Crippen LogP contribution in [0.15, 0.2) is 40.6 Å².